The fraction of sp³-hybridized carbons (Fsp3) is 0.227. The Kier molecular flexibility index (Phi) is 6.47. The molecule has 2 aromatic rings. The van der Waals surface area contributed by atoms with Gasteiger partial charge in [-0.3, -0.25) is 19.8 Å². The molecule has 30 heavy (non-hydrogen) atoms. The van der Waals surface area contributed by atoms with E-state index >= 15 is 0 Å². The van der Waals surface area contributed by atoms with Crippen LogP contribution in [0.25, 0.3) is 6.08 Å². The summed E-state index contributed by atoms with van der Waals surface area (Å²) >= 11 is 5.14. The number of nitrogens with one attached hydrogen (secondary N) is 1. The molecule has 1 fully saturated rings. The molecule has 0 aliphatic carbocycles. The van der Waals surface area contributed by atoms with E-state index in [2.05, 4.69) is 5.32 Å². The molecule has 0 saturated carbocycles. The van der Waals surface area contributed by atoms with Gasteiger partial charge in [0.05, 0.1) is 18.9 Å². The van der Waals surface area contributed by atoms with Crippen molar-refractivity contribution in [3.63, 3.8) is 0 Å². The van der Waals surface area contributed by atoms with Gasteiger partial charge in [-0.1, -0.05) is 25.1 Å². The molecule has 2 amide bonds. The minimum Gasteiger partial charge on any atom is -0.493 e. The van der Waals surface area contributed by atoms with Crippen LogP contribution in [0.3, 0.4) is 0 Å². The van der Waals surface area contributed by atoms with Crippen LogP contribution in [0.5, 0.6) is 11.5 Å². The number of hydrogen-bond donors (Lipinski definition) is 1. The Bertz CT molecular complexity index is 1040. The molecule has 1 heterocycles. The summed E-state index contributed by atoms with van der Waals surface area (Å²) < 4.78 is 25.0. The Morgan fingerprint density at radius 2 is 1.97 bits per heavy atom. The zero-order chi connectivity index (χ0) is 21.8. The lowest BCUT2D eigenvalue weighted by atomic mass is 10.1. The van der Waals surface area contributed by atoms with E-state index in [4.69, 9.17) is 21.7 Å². The van der Waals surface area contributed by atoms with Crippen LogP contribution < -0.4 is 19.7 Å². The Labute approximate surface area is 179 Å². The maximum Gasteiger partial charge on any atom is 0.270 e. The van der Waals surface area contributed by atoms with Crippen molar-refractivity contribution < 1.29 is 23.5 Å². The smallest absolute Gasteiger partial charge is 0.270 e. The van der Waals surface area contributed by atoms with Gasteiger partial charge in [0.15, 0.2) is 16.6 Å². The van der Waals surface area contributed by atoms with E-state index in [9.17, 15) is 14.0 Å². The largest absolute Gasteiger partial charge is 0.493 e. The molecule has 1 aliphatic heterocycles. The van der Waals surface area contributed by atoms with E-state index in [1.807, 2.05) is 13.8 Å². The Balaban J connectivity index is 2.07. The van der Waals surface area contributed by atoms with E-state index in [1.165, 1.54) is 37.5 Å². The number of para-hydroxylation sites is 1. The normalized spacial score (nSPS) is 16.5. The summed E-state index contributed by atoms with van der Waals surface area (Å²) in [6.07, 6.45) is 2.08. The van der Waals surface area contributed by atoms with Crippen LogP contribution in [0.4, 0.5) is 10.1 Å². The van der Waals surface area contributed by atoms with Crippen LogP contribution in [0.1, 0.15) is 25.8 Å². The van der Waals surface area contributed by atoms with Crippen molar-refractivity contribution in [2.24, 2.45) is 0 Å². The quantitative estimate of drug-likeness (QED) is 0.430. The number of carbonyl (C=O) groups is 2. The predicted molar refractivity (Wildman–Crippen MR) is 116 cm³/mol. The zero-order valence-corrected chi connectivity index (χ0v) is 17.6. The summed E-state index contributed by atoms with van der Waals surface area (Å²) in [5, 5.41) is 2.37. The number of benzene rings is 2. The highest BCUT2D eigenvalue weighted by atomic mass is 32.1. The fourth-order valence-corrected chi connectivity index (χ4v) is 3.16. The molecule has 6 nitrogen and oxygen atoms in total. The minimum atomic E-state index is -0.661. The summed E-state index contributed by atoms with van der Waals surface area (Å²) in [6.45, 7) is 3.89. The highest BCUT2D eigenvalue weighted by Crippen LogP contribution is 2.34. The van der Waals surface area contributed by atoms with Crippen molar-refractivity contribution in [2.45, 2.75) is 26.4 Å². The van der Waals surface area contributed by atoms with Gasteiger partial charge in [-0.25, -0.2) is 4.39 Å². The molecule has 1 aliphatic rings. The number of amides is 2. The number of anilines is 1. The van der Waals surface area contributed by atoms with Gasteiger partial charge >= 0.3 is 0 Å². The third kappa shape index (κ3) is 4.33. The first-order valence-electron chi connectivity index (χ1n) is 9.36. The molecule has 156 valence electrons. The molecule has 1 N–H and O–H groups in total. The van der Waals surface area contributed by atoms with Crippen LogP contribution in [0, 0.1) is 5.82 Å². The van der Waals surface area contributed by atoms with Crippen molar-refractivity contribution in [1.82, 2.24) is 5.32 Å². The second-order valence-corrected chi connectivity index (χ2v) is 7.04. The average Bonchev–Trinajstić information content (AvgIpc) is 2.71. The molecule has 0 spiro atoms. The number of thiocarbonyl (C=S) groups is 1. The number of ether oxygens (including phenoxy) is 2. The number of hydrogen-bond acceptors (Lipinski definition) is 5. The second-order valence-electron chi connectivity index (χ2n) is 6.65. The highest BCUT2D eigenvalue weighted by molar-refractivity contribution is 7.80. The van der Waals surface area contributed by atoms with E-state index in [1.54, 1.807) is 18.2 Å². The van der Waals surface area contributed by atoms with Gasteiger partial charge in [-0.05, 0) is 55.9 Å². The molecule has 2 aromatic carbocycles. The van der Waals surface area contributed by atoms with Gasteiger partial charge in [0.25, 0.3) is 11.8 Å². The molecule has 0 aromatic heterocycles. The van der Waals surface area contributed by atoms with Crippen LogP contribution in [0.2, 0.25) is 0 Å². The third-order valence-corrected chi connectivity index (χ3v) is 4.88. The molecule has 0 radical (unpaired) electrons. The number of rotatable bonds is 6. The van der Waals surface area contributed by atoms with Crippen molar-refractivity contribution >= 4 is 40.9 Å². The first kappa shape index (κ1) is 21.4. The average molecular weight is 428 g/mol. The van der Waals surface area contributed by atoms with Gasteiger partial charge in [-0.15, -0.1) is 0 Å². The predicted octanol–water partition coefficient (Wildman–Crippen LogP) is 3.84. The zero-order valence-electron chi connectivity index (χ0n) is 16.8. The molecule has 1 atom stereocenters. The maximum atomic E-state index is 13.7. The second kappa shape index (κ2) is 9.04. The van der Waals surface area contributed by atoms with E-state index < -0.39 is 17.6 Å². The van der Waals surface area contributed by atoms with E-state index in [0.29, 0.717) is 17.1 Å². The first-order valence-corrected chi connectivity index (χ1v) is 9.77. The van der Waals surface area contributed by atoms with E-state index in [-0.39, 0.29) is 22.5 Å². The van der Waals surface area contributed by atoms with Gasteiger partial charge in [0.2, 0.25) is 0 Å². The first-order chi connectivity index (χ1) is 14.3. The standard InChI is InChI=1S/C22H21FN2O4S/c1-4-13(2)29-19-14(7-5-10-18(19)28-3)11-17-20(26)24-22(30)25(21(17)27)16-9-6-8-15(23)12-16/h5-13H,4H2,1-3H3,(H,24,26,30)/b17-11+. The van der Waals surface area contributed by atoms with Gasteiger partial charge in [-0.2, -0.15) is 0 Å². The third-order valence-electron chi connectivity index (χ3n) is 4.59. The summed E-state index contributed by atoms with van der Waals surface area (Å²) in [5.74, 6) is -0.928. The summed E-state index contributed by atoms with van der Waals surface area (Å²) in [5.41, 5.74) is 0.563. The SMILES string of the molecule is CCC(C)Oc1c(/C=C2\C(=O)NC(=S)N(c3cccc(F)c3)C2=O)cccc1OC. The van der Waals surface area contributed by atoms with Crippen molar-refractivity contribution in [3.8, 4) is 11.5 Å². The van der Waals surface area contributed by atoms with Crippen LogP contribution >= 0.6 is 12.2 Å². The molecular formula is C22H21FN2O4S. The topological polar surface area (TPSA) is 67.9 Å². The molecular weight excluding hydrogens is 407 g/mol. The van der Waals surface area contributed by atoms with E-state index in [0.717, 1.165) is 11.3 Å². The van der Waals surface area contributed by atoms with Crippen molar-refractivity contribution in [1.29, 1.82) is 0 Å². The Morgan fingerprint density at radius 3 is 2.63 bits per heavy atom. The molecule has 0 bridgehead atoms. The monoisotopic (exact) mass is 428 g/mol. The Hall–Kier alpha value is -3.26. The highest BCUT2D eigenvalue weighted by Gasteiger charge is 2.35. The summed E-state index contributed by atoms with van der Waals surface area (Å²) in [4.78, 5) is 26.8. The number of methoxy groups -OCH3 is 1. The molecule has 8 heteroatoms. The lowest BCUT2D eigenvalue weighted by Crippen LogP contribution is -2.54. The molecule has 3 rings (SSSR count). The fourth-order valence-electron chi connectivity index (χ4n) is 2.88. The van der Waals surface area contributed by atoms with Crippen LogP contribution in [-0.4, -0.2) is 30.1 Å². The van der Waals surface area contributed by atoms with Gasteiger partial charge < -0.3 is 9.47 Å². The maximum absolute atomic E-state index is 13.7. The molecule has 1 unspecified atom stereocenters. The van der Waals surface area contributed by atoms with Crippen LogP contribution in [0.15, 0.2) is 48.0 Å². The van der Waals surface area contributed by atoms with Gasteiger partial charge in [0, 0.05) is 5.56 Å². The summed E-state index contributed by atoms with van der Waals surface area (Å²) in [6, 6.07) is 10.6. The Morgan fingerprint density at radius 1 is 1.23 bits per heavy atom. The van der Waals surface area contributed by atoms with Gasteiger partial charge in [0.1, 0.15) is 11.4 Å². The lowest BCUT2D eigenvalue weighted by molar-refractivity contribution is -0.122. The summed E-state index contributed by atoms with van der Waals surface area (Å²) in [7, 11) is 1.51. The van der Waals surface area contributed by atoms with Crippen molar-refractivity contribution in [2.75, 3.05) is 12.0 Å². The number of carbonyl (C=O) groups excluding carboxylic acids is 2. The lowest BCUT2D eigenvalue weighted by Gasteiger charge is -2.29. The van der Waals surface area contributed by atoms with Crippen molar-refractivity contribution in [3.05, 3.63) is 59.4 Å². The number of halogens is 1. The van der Waals surface area contributed by atoms with Crippen LogP contribution in [-0.2, 0) is 9.59 Å². The minimum absolute atomic E-state index is 0.106. The number of nitrogens with zero attached hydrogens (tertiary/aromatic N) is 1. The molecule has 1 saturated heterocycles.